The number of rotatable bonds is 1. The molecule has 1 aliphatic carbocycles. The van der Waals surface area contributed by atoms with Gasteiger partial charge in [0.05, 0.1) is 18.4 Å². The Bertz CT molecular complexity index is 1250. The molecule has 2 aromatic carbocycles. The lowest BCUT2D eigenvalue weighted by Crippen LogP contribution is -2.45. The fourth-order valence-electron chi connectivity index (χ4n) is 4.57. The molecule has 0 saturated heterocycles. The van der Waals surface area contributed by atoms with Gasteiger partial charge in [-0.05, 0) is 48.9 Å². The summed E-state index contributed by atoms with van der Waals surface area (Å²) in [5.41, 5.74) is 5.66. The van der Waals surface area contributed by atoms with Crippen LogP contribution in [0.25, 0.3) is 11.3 Å². The summed E-state index contributed by atoms with van der Waals surface area (Å²) < 4.78 is 1.46. The Morgan fingerprint density at radius 1 is 0.935 bits per heavy atom. The lowest BCUT2D eigenvalue weighted by molar-refractivity contribution is 0.0696. The summed E-state index contributed by atoms with van der Waals surface area (Å²) in [6.07, 6.45) is 2.89. The first kappa shape index (κ1) is 19.3. The maximum atomic E-state index is 13.2. The minimum atomic E-state index is -0.656. The third-order valence-electron chi connectivity index (χ3n) is 6.15. The lowest BCUT2D eigenvalue weighted by atomic mass is 9.91. The maximum absolute atomic E-state index is 13.2. The van der Waals surface area contributed by atoms with Gasteiger partial charge < -0.3 is 10.0 Å². The molecular weight excluding hydrogens is 390 g/mol. The average Bonchev–Trinajstić information content (AvgIpc) is 2.93. The molecule has 3 aromatic rings. The molecule has 156 valence electrons. The van der Waals surface area contributed by atoms with Crippen molar-refractivity contribution in [2.45, 2.75) is 32.7 Å². The molecule has 0 radical (unpaired) electrons. The van der Waals surface area contributed by atoms with E-state index in [-0.39, 0.29) is 11.7 Å². The van der Waals surface area contributed by atoms with E-state index in [1.54, 1.807) is 4.90 Å². The van der Waals surface area contributed by atoms with Gasteiger partial charge in [0.2, 0.25) is 5.43 Å². The van der Waals surface area contributed by atoms with Crippen LogP contribution in [-0.2, 0) is 12.8 Å². The molecule has 0 unspecified atom stereocenters. The van der Waals surface area contributed by atoms with Crippen LogP contribution in [0.2, 0.25) is 0 Å². The first-order valence-corrected chi connectivity index (χ1v) is 10.5. The molecule has 1 amide bonds. The van der Waals surface area contributed by atoms with E-state index in [0.717, 1.165) is 41.4 Å². The Morgan fingerprint density at radius 3 is 2.10 bits per heavy atom. The van der Waals surface area contributed by atoms with Crippen LogP contribution < -0.4 is 5.43 Å². The summed E-state index contributed by atoms with van der Waals surface area (Å²) >= 11 is 0. The Kier molecular flexibility index (Phi) is 4.50. The van der Waals surface area contributed by atoms with Crippen molar-refractivity contribution in [2.75, 3.05) is 6.54 Å². The largest absolute Gasteiger partial charge is 0.502 e. The highest BCUT2D eigenvalue weighted by atomic mass is 16.3. The van der Waals surface area contributed by atoms with Gasteiger partial charge in [0.25, 0.3) is 5.91 Å². The number of hydrogen-bond donors (Lipinski definition) is 1. The van der Waals surface area contributed by atoms with E-state index in [4.69, 9.17) is 0 Å². The number of carbonyl (C=O) groups is 1. The lowest BCUT2D eigenvalue weighted by Gasteiger charge is -2.35. The van der Waals surface area contributed by atoms with Crippen LogP contribution in [0.5, 0.6) is 5.75 Å². The highest BCUT2D eigenvalue weighted by molar-refractivity contribution is 6.04. The number of amides is 1. The molecule has 31 heavy (non-hydrogen) atoms. The fraction of sp³-hybridized carbons (Fsp3) is 0.240. The van der Waals surface area contributed by atoms with E-state index in [9.17, 15) is 14.7 Å². The molecule has 0 fully saturated rings. The number of aromatic nitrogens is 2. The van der Waals surface area contributed by atoms with E-state index >= 15 is 0 Å². The van der Waals surface area contributed by atoms with Crippen LogP contribution in [0.4, 0.5) is 0 Å². The van der Waals surface area contributed by atoms with Crippen LogP contribution in [-0.4, -0.2) is 38.3 Å². The zero-order valence-corrected chi connectivity index (χ0v) is 17.5. The number of hydrogen-bond acceptors (Lipinski definition) is 4. The van der Waals surface area contributed by atoms with Gasteiger partial charge in [-0.15, -0.1) is 0 Å². The Morgan fingerprint density at radius 2 is 1.52 bits per heavy atom. The molecular formula is C25H23N3O3. The smallest absolute Gasteiger partial charge is 0.277 e. The molecule has 2 aliphatic rings. The Hall–Kier alpha value is -3.67. The molecule has 2 heterocycles. The minimum Gasteiger partial charge on any atom is -0.502 e. The topological polar surface area (TPSA) is 75.4 Å². The number of aromatic hydroxyl groups is 1. The third-order valence-corrected chi connectivity index (χ3v) is 6.15. The van der Waals surface area contributed by atoms with Crippen molar-refractivity contribution in [3.05, 3.63) is 92.9 Å². The summed E-state index contributed by atoms with van der Waals surface area (Å²) in [7, 11) is 0. The SMILES string of the molecule is CC(C)N1CC(=C2c3ccccc3CCc3ccccc32)n2ncc(=O)c(O)c2C1=O. The molecule has 6 heteroatoms. The second-order valence-corrected chi connectivity index (χ2v) is 8.28. The van der Waals surface area contributed by atoms with Gasteiger partial charge >= 0.3 is 0 Å². The predicted molar refractivity (Wildman–Crippen MR) is 119 cm³/mol. The summed E-state index contributed by atoms with van der Waals surface area (Å²) in [6.45, 7) is 4.18. The second kappa shape index (κ2) is 7.23. The third kappa shape index (κ3) is 2.98. The standard InChI is InChI=1S/C25H23N3O3/c1-15(2)27-14-20(28-23(25(27)31)24(30)21(29)13-26-28)22-18-9-5-3-7-16(18)11-12-17-8-4-6-10-19(17)22/h3-10,13,15,30H,11-12,14H2,1-2H3. The minimum absolute atomic E-state index is 0.0749. The Balaban J connectivity index is 1.92. The normalized spacial score (nSPS) is 15.5. The van der Waals surface area contributed by atoms with Crippen LogP contribution in [0.15, 0.2) is 59.5 Å². The van der Waals surface area contributed by atoms with Crippen molar-refractivity contribution < 1.29 is 9.90 Å². The van der Waals surface area contributed by atoms with Crippen molar-refractivity contribution >= 4 is 17.2 Å². The molecule has 6 nitrogen and oxygen atoms in total. The molecule has 1 aliphatic heterocycles. The van der Waals surface area contributed by atoms with Crippen LogP contribution >= 0.6 is 0 Å². The van der Waals surface area contributed by atoms with Gasteiger partial charge in [-0.2, -0.15) is 5.10 Å². The van der Waals surface area contributed by atoms with E-state index < -0.39 is 17.1 Å². The van der Waals surface area contributed by atoms with E-state index in [2.05, 4.69) is 29.4 Å². The molecule has 5 rings (SSSR count). The average molecular weight is 413 g/mol. The van der Waals surface area contributed by atoms with Crippen LogP contribution in [0, 0.1) is 0 Å². The Labute approximate surface area is 180 Å². The van der Waals surface area contributed by atoms with Gasteiger partial charge in [0.15, 0.2) is 11.4 Å². The monoisotopic (exact) mass is 413 g/mol. The zero-order chi connectivity index (χ0) is 21.7. The van der Waals surface area contributed by atoms with Crippen molar-refractivity contribution in [3.63, 3.8) is 0 Å². The van der Waals surface area contributed by atoms with Crippen molar-refractivity contribution in [2.24, 2.45) is 0 Å². The van der Waals surface area contributed by atoms with Gasteiger partial charge in [-0.3, -0.25) is 9.59 Å². The number of carbonyl (C=O) groups excluding carboxylic acids is 1. The number of benzene rings is 2. The van der Waals surface area contributed by atoms with Crippen LogP contribution in [0.1, 0.15) is 46.6 Å². The van der Waals surface area contributed by atoms with E-state index in [1.807, 2.05) is 38.1 Å². The van der Waals surface area contributed by atoms with Gasteiger partial charge in [-0.1, -0.05) is 48.5 Å². The van der Waals surface area contributed by atoms with E-state index in [1.165, 1.54) is 15.8 Å². The molecule has 0 bridgehead atoms. The summed E-state index contributed by atoms with van der Waals surface area (Å²) in [5.74, 6) is -0.948. The van der Waals surface area contributed by atoms with Crippen molar-refractivity contribution in [3.8, 4) is 5.75 Å². The van der Waals surface area contributed by atoms with Gasteiger partial charge in [-0.25, -0.2) is 4.68 Å². The first-order valence-electron chi connectivity index (χ1n) is 10.5. The molecule has 0 saturated carbocycles. The van der Waals surface area contributed by atoms with Gasteiger partial charge in [0.1, 0.15) is 0 Å². The molecule has 1 N–H and O–H groups in total. The predicted octanol–water partition coefficient (Wildman–Crippen LogP) is 3.33. The van der Waals surface area contributed by atoms with Gasteiger partial charge in [0, 0.05) is 11.6 Å². The molecule has 0 atom stereocenters. The highest BCUT2D eigenvalue weighted by Crippen LogP contribution is 2.39. The second-order valence-electron chi connectivity index (χ2n) is 8.28. The summed E-state index contributed by atoms with van der Waals surface area (Å²) in [4.78, 5) is 27.0. The quantitative estimate of drug-likeness (QED) is 0.664. The summed E-state index contributed by atoms with van der Waals surface area (Å²) in [6, 6.07) is 16.4. The number of aryl methyl sites for hydroxylation is 2. The number of nitrogens with zero attached hydrogens (tertiary/aromatic N) is 3. The van der Waals surface area contributed by atoms with Crippen molar-refractivity contribution in [1.82, 2.24) is 14.7 Å². The van der Waals surface area contributed by atoms with Crippen LogP contribution in [0.3, 0.4) is 0 Å². The molecule has 1 aromatic heterocycles. The van der Waals surface area contributed by atoms with E-state index in [0.29, 0.717) is 6.54 Å². The molecule has 0 spiro atoms. The maximum Gasteiger partial charge on any atom is 0.277 e. The zero-order valence-electron chi connectivity index (χ0n) is 17.5. The summed E-state index contributed by atoms with van der Waals surface area (Å²) in [5, 5.41) is 14.8. The number of fused-ring (bicyclic) bond motifs is 3. The highest BCUT2D eigenvalue weighted by Gasteiger charge is 2.36. The fourth-order valence-corrected chi connectivity index (χ4v) is 4.57. The van der Waals surface area contributed by atoms with Crippen molar-refractivity contribution in [1.29, 1.82) is 0 Å². The first-order chi connectivity index (χ1) is 15.0.